The molecule has 20 heavy (non-hydrogen) atoms. The lowest BCUT2D eigenvalue weighted by Gasteiger charge is -2.18. The van der Waals surface area contributed by atoms with Crippen LogP contribution in [-0.2, 0) is 13.0 Å². The van der Waals surface area contributed by atoms with Gasteiger partial charge in [0.1, 0.15) is 5.82 Å². The van der Waals surface area contributed by atoms with Crippen molar-refractivity contribution < 1.29 is 4.39 Å². The second kappa shape index (κ2) is 6.37. The summed E-state index contributed by atoms with van der Waals surface area (Å²) in [7, 11) is 1.89. The number of nitrogens with zero attached hydrogens (tertiary/aromatic N) is 2. The Kier molecular flexibility index (Phi) is 4.78. The summed E-state index contributed by atoms with van der Waals surface area (Å²) in [6.45, 7) is 4.83. The van der Waals surface area contributed by atoms with Crippen molar-refractivity contribution in [2.45, 2.75) is 32.9 Å². The maximum atomic E-state index is 13.5. The summed E-state index contributed by atoms with van der Waals surface area (Å²) in [6, 6.07) is 7.02. The molecule has 0 saturated carbocycles. The molecule has 0 fully saturated rings. The van der Waals surface area contributed by atoms with E-state index in [1.54, 1.807) is 6.07 Å². The molecule has 0 radical (unpaired) electrons. The number of likely N-dealkylation sites (N-methyl/N-ethyl adjacent to an activating group) is 1. The molecule has 2 rings (SSSR count). The fraction of sp³-hybridized carbons (Fsp3) is 0.400. The Morgan fingerprint density at radius 3 is 2.85 bits per heavy atom. The molecule has 0 aliphatic carbocycles. The number of aromatic nitrogens is 2. The normalized spacial score (nSPS) is 12.7. The lowest BCUT2D eigenvalue weighted by Crippen LogP contribution is -2.22. The van der Waals surface area contributed by atoms with Crippen LogP contribution < -0.4 is 5.32 Å². The largest absolute Gasteiger partial charge is 0.311 e. The minimum absolute atomic E-state index is 0.0513. The summed E-state index contributed by atoms with van der Waals surface area (Å²) in [5, 5.41) is 7.91. The van der Waals surface area contributed by atoms with Gasteiger partial charge in [0.25, 0.3) is 0 Å². The Labute approximate surface area is 123 Å². The summed E-state index contributed by atoms with van der Waals surface area (Å²) in [4.78, 5) is 0. The number of benzene rings is 1. The quantitative estimate of drug-likeness (QED) is 0.915. The lowest BCUT2D eigenvalue weighted by atomic mass is 10.0. The van der Waals surface area contributed by atoms with E-state index in [0.29, 0.717) is 6.42 Å². The summed E-state index contributed by atoms with van der Waals surface area (Å²) in [5.41, 5.74) is 2.87. The van der Waals surface area contributed by atoms with Gasteiger partial charge in [-0.3, -0.25) is 4.68 Å². The molecule has 1 heterocycles. The number of hydrogen-bond donors (Lipinski definition) is 1. The van der Waals surface area contributed by atoms with Crippen LogP contribution in [0, 0.1) is 12.7 Å². The van der Waals surface area contributed by atoms with E-state index >= 15 is 0 Å². The van der Waals surface area contributed by atoms with Crippen molar-refractivity contribution in [2.75, 3.05) is 7.05 Å². The molecule has 0 aliphatic rings. The van der Waals surface area contributed by atoms with Gasteiger partial charge in [-0.2, -0.15) is 5.10 Å². The van der Waals surface area contributed by atoms with E-state index in [1.165, 1.54) is 6.07 Å². The molecule has 3 nitrogen and oxygen atoms in total. The Morgan fingerprint density at radius 2 is 2.20 bits per heavy atom. The highest BCUT2D eigenvalue weighted by Crippen LogP contribution is 2.26. The van der Waals surface area contributed by atoms with Crippen molar-refractivity contribution in [2.24, 2.45) is 0 Å². The third kappa shape index (κ3) is 3.02. The maximum Gasteiger partial charge on any atom is 0.142 e. The van der Waals surface area contributed by atoms with E-state index in [1.807, 2.05) is 24.7 Å². The highest BCUT2D eigenvalue weighted by Gasteiger charge is 2.18. The zero-order valence-corrected chi connectivity index (χ0v) is 12.7. The molecule has 0 amide bonds. The topological polar surface area (TPSA) is 29.9 Å². The lowest BCUT2D eigenvalue weighted by molar-refractivity contribution is 0.511. The molecule has 1 aromatic carbocycles. The molecule has 1 N–H and O–H groups in total. The van der Waals surface area contributed by atoms with E-state index < -0.39 is 0 Å². The molecule has 1 unspecified atom stereocenters. The van der Waals surface area contributed by atoms with Gasteiger partial charge < -0.3 is 5.32 Å². The predicted molar refractivity (Wildman–Crippen MR) is 79.6 cm³/mol. The monoisotopic (exact) mass is 295 g/mol. The van der Waals surface area contributed by atoms with Gasteiger partial charge in [-0.1, -0.05) is 23.7 Å². The fourth-order valence-corrected chi connectivity index (χ4v) is 2.58. The van der Waals surface area contributed by atoms with Crippen LogP contribution in [0.3, 0.4) is 0 Å². The molecule has 1 atom stereocenters. The van der Waals surface area contributed by atoms with E-state index in [4.69, 9.17) is 11.6 Å². The SMILES string of the molecule is CCn1nc(C)cc1C(Cc1cccc(F)c1Cl)NC. The molecule has 2 aromatic rings. The minimum Gasteiger partial charge on any atom is -0.311 e. The van der Waals surface area contributed by atoms with Crippen LogP contribution in [-0.4, -0.2) is 16.8 Å². The van der Waals surface area contributed by atoms with Crippen molar-refractivity contribution in [3.05, 3.63) is 52.1 Å². The van der Waals surface area contributed by atoms with Gasteiger partial charge in [0.15, 0.2) is 0 Å². The predicted octanol–water partition coefficient (Wildman–Crippen LogP) is 3.51. The molecular weight excluding hydrogens is 277 g/mol. The molecule has 108 valence electrons. The molecule has 5 heteroatoms. The second-order valence-corrected chi connectivity index (χ2v) is 5.16. The van der Waals surface area contributed by atoms with E-state index in [-0.39, 0.29) is 16.9 Å². The number of halogens is 2. The van der Waals surface area contributed by atoms with Crippen LogP contribution in [0.15, 0.2) is 24.3 Å². The van der Waals surface area contributed by atoms with Gasteiger partial charge in [0, 0.05) is 6.54 Å². The van der Waals surface area contributed by atoms with Crippen LogP contribution in [0.25, 0.3) is 0 Å². The number of rotatable bonds is 5. The van der Waals surface area contributed by atoms with Crippen molar-refractivity contribution in [1.82, 2.24) is 15.1 Å². The molecule has 0 saturated heterocycles. The van der Waals surface area contributed by atoms with Crippen molar-refractivity contribution in [3.8, 4) is 0 Å². The summed E-state index contributed by atoms with van der Waals surface area (Å²) < 4.78 is 15.5. The fourth-order valence-electron chi connectivity index (χ4n) is 2.38. The van der Waals surface area contributed by atoms with Gasteiger partial charge >= 0.3 is 0 Å². The van der Waals surface area contributed by atoms with Crippen LogP contribution in [0.5, 0.6) is 0 Å². The maximum absolute atomic E-state index is 13.5. The molecular formula is C15H19ClFN3. The van der Waals surface area contributed by atoms with Crippen molar-refractivity contribution >= 4 is 11.6 Å². The highest BCUT2D eigenvalue weighted by atomic mass is 35.5. The number of aryl methyl sites for hydroxylation is 2. The zero-order chi connectivity index (χ0) is 14.7. The first kappa shape index (κ1) is 15.0. The third-order valence-electron chi connectivity index (χ3n) is 3.39. The van der Waals surface area contributed by atoms with Crippen molar-refractivity contribution in [3.63, 3.8) is 0 Å². The first-order valence-corrected chi connectivity index (χ1v) is 7.09. The molecule has 1 aromatic heterocycles. The standard InChI is InChI=1S/C15H19ClFN3/c1-4-20-14(8-10(2)19-20)13(18-3)9-11-6-5-7-12(17)15(11)16/h5-8,13,18H,4,9H2,1-3H3. The summed E-state index contributed by atoms with van der Waals surface area (Å²) in [5.74, 6) is -0.376. The Bertz CT molecular complexity index is 595. The Balaban J connectivity index is 2.31. The van der Waals surface area contributed by atoms with Gasteiger partial charge in [-0.25, -0.2) is 4.39 Å². The third-order valence-corrected chi connectivity index (χ3v) is 3.82. The minimum atomic E-state index is -0.376. The van der Waals surface area contributed by atoms with E-state index in [2.05, 4.69) is 23.4 Å². The van der Waals surface area contributed by atoms with Gasteiger partial charge in [0.05, 0.1) is 22.5 Å². The van der Waals surface area contributed by atoms with E-state index in [0.717, 1.165) is 23.5 Å². The summed E-state index contributed by atoms with van der Waals surface area (Å²) in [6.07, 6.45) is 0.623. The highest BCUT2D eigenvalue weighted by molar-refractivity contribution is 6.31. The second-order valence-electron chi connectivity index (χ2n) is 4.78. The first-order valence-electron chi connectivity index (χ1n) is 6.71. The first-order chi connectivity index (χ1) is 9.56. The van der Waals surface area contributed by atoms with Crippen LogP contribution in [0.1, 0.15) is 29.9 Å². The van der Waals surface area contributed by atoms with Crippen molar-refractivity contribution in [1.29, 1.82) is 0 Å². The van der Waals surface area contributed by atoms with Crippen LogP contribution in [0.4, 0.5) is 4.39 Å². The smallest absolute Gasteiger partial charge is 0.142 e. The van der Waals surface area contributed by atoms with Gasteiger partial charge in [-0.15, -0.1) is 0 Å². The average Bonchev–Trinajstić information content (AvgIpc) is 2.81. The molecule has 0 aliphatic heterocycles. The molecule has 0 spiro atoms. The number of hydrogen-bond acceptors (Lipinski definition) is 2. The van der Waals surface area contributed by atoms with Gasteiger partial charge in [-0.05, 0) is 45.0 Å². The molecule has 0 bridgehead atoms. The zero-order valence-electron chi connectivity index (χ0n) is 12.0. The van der Waals surface area contributed by atoms with Crippen LogP contribution >= 0.6 is 11.6 Å². The Morgan fingerprint density at radius 1 is 1.45 bits per heavy atom. The summed E-state index contributed by atoms with van der Waals surface area (Å²) >= 11 is 6.04. The van der Waals surface area contributed by atoms with E-state index in [9.17, 15) is 4.39 Å². The van der Waals surface area contributed by atoms with Gasteiger partial charge in [0.2, 0.25) is 0 Å². The van der Waals surface area contributed by atoms with Crippen LogP contribution in [0.2, 0.25) is 5.02 Å². The average molecular weight is 296 g/mol. The Hall–Kier alpha value is -1.39. The number of nitrogens with one attached hydrogen (secondary N) is 1.